The lowest BCUT2D eigenvalue weighted by atomic mass is 10.1. The Kier molecular flexibility index (Phi) is 8.84. The van der Waals surface area contributed by atoms with Crippen molar-refractivity contribution in [2.45, 2.75) is 24.9 Å². The summed E-state index contributed by atoms with van der Waals surface area (Å²) in [6.07, 6.45) is 2.78. The minimum atomic E-state index is -1.07. The van der Waals surface area contributed by atoms with Crippen LogP contribution in [0, 0.1) is 0 Å². The quantitative estimate of drug-likeness (QED) is 0.310. The predicted molar refractivity (Wildman–Crippen MR) is 71.9 cm³/mol. The number of carboxylic acids is 2. The van der Waals surface area contributed by atoms with Crippen LogP contribution in [-0.2, 0) is 14.4 Å². The van der Waals surface area contributed by atoms with E-state index in [1.54, 1.807) is 6.08 Å². The maximum atomic E-state index is 11.4. The molecule has 0 aliphatic rings. The van der Waals surface area contributed by atoms with Crippen LogP contribution in [-0.4, -0.2) is 51.5 Å². The van der Waals surface area contributed by atoms with Crippen LogP contribution in [0.4, 0.5) is 0 Å². The van der Waals surface area contributed by atoms with Gasteiger partial charge in [-0.2, -0.15) is 11.8 Å². The second-order valence-corrected chi connectivity index (χ2v) is 4.90. The maximum absolute atomic E-state index is 11.4. The van der Waals surface area contributed by atoms with Gasteiger partial charge >= 0.3 is 11.9 Å². The largest absolute Gasteiger partial charge is 0.481 e. The average molecular weight is 290 g/mol. The molecule has 2 atom stereocenters. The minimum absolute atomic E-state index is 0.0928. The smallest absolute Gasteiger partial charge is 0.321 e. The molecular formula is C11H18N2O5S. The summed E-state index contributed by atoms with van der Waals surface area (Å²) in [5, 5.41) is 17.0. The Morgan fingerprint density at radius 1 is 1.16 bits per heavy atom. The number of aliphatic carboxylic acids is 2. The van der Waals surface area contributed by atoms with Crippen molar-refractivity contribution in [2.75, 3.05) is 11.5 Å². The highest BCUT2D eigenvalue weighted by molar-refractivity contribution is 7.99. The Morgan fingerprint density at radius 3 is 2.32 bits per heavy atom. The summed E-state index contributed by atoms with van der Waals surface area (Å²) in [5.74, 6) is -1.71. The van der Waals surface area contributed by atoms with Gasteiger partial charge < -0.3 is 21.7 Å². The summed E-state index contributed by atoms with van der Waals surface area (Å²) in [6, 6.07) is -1.74. The highest BCUT2D eigenvalue weighted by Gasteiger charge is 2.12. The number of nitrogens with two attached hydrogens (primary N) is 2. The molecule has 0 rings (SSSR count). The Hall–Kier alpha value is -1.38. The van der Waals surface area contributed by atoms with Crippen LogP contribution >= 0.6 is 11.8 Å². The molecule has 6 N–H and O–H groups in total. The van der Waals surface area contributed by atoms with Crippen molar-refractivity contribution < 1.29 is 24.6 Å². The first kappa shape index (κ1) is 17.6. The van der Waals surface area contributed by atoms with Gasteiger partial charge in [0.2, 0.25) is 0 Å². The van der Waals surface area contributed by atoms with E-state index in [2.05, 4.69) is 0 Å². The van der Waals surface area contributed by atoms with Crippen molar-refractivity contribution in [3.05, 3.63) is 12.2 Å². The summed E-state index contributed by atoms with van der Waals surface area (Å²) < 4.78 is 0. The number of carbonyl (C=O) groups excluding carboxylic acids is 1. The van der Waals surface area contributed by atoms with Crippen LogP contribution in [0.15, 0.2) is 12.2 Å². The van der Waals surface area contributed by atoms with Crippen LogP contribution in [0.1, 0.15) is 12.8 Å². The molecule has 0 bridgehead atoms. The fourth-order valence-corrected chi connectivity index (χ4v) is 1.81. The minimum Gasteiger partial charge on any atom is -0.481 e. The normalized spacial score (nSPS) is 14.2. The van der Waals surface area contributed by atoms with Crippen molar-refractivity contribution in [1.29, 1.82) is 0 Å². The topological polar surface area (TPSA) is 144 Å². The van der Waals surface area contributed by atoms with E-state index in [9.17, 15) is 14.4 Å². The number of carboxylic acid groups (broad SMARTS) is 2. The van der Waals surface area contributed by atoms with Crippen LogP contribution < -0.4 is 11.5 Å². The number of hydrogen-bond donors (Lipinski definition) is 4. The Morgan fingerprint density at radius 2 is 1.79 bits per heavy atom. The molecule has 0 aromatic rings. The zero-order chi connectivity index (χ0) is 14.8. The molecule has 0 saturated carbocycles. The highest BCUT2D eigenvalue weighted by Crippen LogP contribution is 2.03. The molecule has 0 spiro atoms. The molecule has 0 amide bonds. The van der Waals surface area contributed by atoms with Gasteiger partial charge in [-0.25, -0.2) is 0 Å². The SMILES string of the molecule is NC(CCC(=O)O)C(=O)C=CCSC[C@H](N)C(=O)O. The summed E-state index contributed by atoms with van der Waals surface area (Å²) in [7, 11) is 0. The first-order valence-electron chi connectivity index (χ1n) is 5.58. The molecule has 0 fully saturated rings. The van der Waals surface area contributed by atoms with E-state index >= 15 is 0 Å². The molecule has 0 saturated heterocycles. The molecule has 0 aromatic carbocycles. The molecular weight excluding hydrogens is 272 g/mol. The van der Waals surface area contributed by atoms with Crippen LogP contribution in [0.3, 0.4) is 0 Å². The lowest BCUT2D eigenvalue weighted by Crippen LogP contribution is -2.32. The third-order valence-electron chi connectivity index (χ3n) is 2.15. The fraction of sp³-hybridized carbons (Fsp3) is 0.545. The van der Waals surface area contributed by atoms with Gasteiger partial charge in [0.25, 0.3) is 0 Å². The fourth-order valence-electron chi connectivity index (χ4n) is 1.04. The highest BCUT2D eigenvalue weighted by atomic mass is 32.2. The average Bonchev–Trinajstić information content (AvgIpc) is 2.34. The Balaban J connectivity index is 3.84. The van der Waals surface area contributed by atoms with Crippen molar-refractivity contribution in [3.63, 3.8) is 0 Å². The van der Waals surface area contributed by atoms with E-state index in [1.807, 2.05) is 0 Å². The van der Waals surface area contributed by atoms with Gasteiger partial charge in [-0.15, -0.1) is 0 Å². The number of ketones is 1. The number of carbonyl (C=O) groups is 3. The van der Waals surface area contributed by atoms with E-state index in [0.717, 1.165) is 0 Å². The second kappa shape index (κ2) is 9.54. The molecule has 1 unspecified atom stereocenters. The Bertz CT molecular complexity index is 359. The van der Waals surface area contributed by atoms with Gasteiger partial charge in [-0.1, -0.05) is 6.08 Å². The van der Waals surface area contributed by atoms with E-state index < -0.39 is 24.0 Å². The summed E-state index contributed by atoms with van der Waals surface area (Å²) >= 11 is 1.28. The molecule has 7 nitrogen and oxygen atoms in total. The summed E-state index contributed by atoms with van der Waals surface area (Å²) in [6.45, 7) is 0. The first-order valence-corrected chi connectivity index (χ1v) is 6.74. The Labute approximate surface area is 115 Å². The van der Waals surface area contributed by atoms with E-state index in [0.29, 0.717) is 5.75 Å². The van der Waals surface area contributed by atoms with E-state index in [1.165, 1.54) is 17.8 Å². The molecule has 108 valence electrons. The summed E-state index contributed by atoms with van der Waals surface area (Å²) in [5.41, 5.74) is 10.8. The molecule has 0 aliphatic heterocycles. The second-order valence-electron chi connectivity index (χ2n) is 3.83. The van der Waals surface area contributed by atoms with Crippen molar-refractivity contribution in [3.8, 4) is 0 Å². The third kappa shape index (κ3) is 9.23. The standard InChI is InChI=1S/C11H18N2O5S/c12-7(3-4-10(15)16)9(14)2-1-5-19-6-8(13)11(17)18/h1-2,7-8H,3-6,12-13H2,(H,15,16)(H,17,18)/t7?,8-/m0/s1. The molecule has 0 aliphatic carbocycles. The number of rotatable bonds is 10. The van der Waals surface area contributed by atoms with E-state index in [-0.39, 0.29) is 24.4 Å². The van der Waals surface area contributed by atoms with Gasteiger partial charge in [0.1, 0.15) is 6.04 Å². The molecule has 0 aromatic heterocycles. The van der Waals surface area contributed by atoms with Gasteiger partial charge in [0.15, 0.2) is 5.78 Å². The first-order chi connectivity index (χ1) is 8.84. The van der Waals surface area contributed by atoms with Crippen molar-refractivity contribution >= 4 is 29.5 Å². The van der Waals surface area contributed by atoms with Crippen LogP contribution in [0.25, 0.3) is 0 Å². The lowest BCUT2D eigenvalue weighted by molar-refractivity contribution is -0.138. The molecule has 0 heterocycles. The molecule has 19 heavy (non-hydrogen) atoms. The maximum Gasteiger partial charge on any atom is 0.321 e. The van der Waals surface area contributed by atoms with Gasteiger partial charge in [-0.3, -0.25) is 14.4 Å². The number of thioether (sulfide) groups is 1. The zero-order valence-corrected chi connectivity index (χ0v) is 11.1. The van der Waals surface area contributed by atoms with Crippen LogP contribution in [0.2, 0.25) is 0 Å². The van der Waals surface area contributed by atoms with E-state index in [4.69, 9.17) is 21.7 Å². The van der Waals surface area contributed by atoms with Crippen LogP contribution in [0.5, 0.6) is 0 Å². The molecule has 8 heteroatoms. The van der Waals surface area contributed by atoms with Crippen molar-refractivity contribution in [1.82, 2.24) is 0 Å². The molecule has 0 radical (unpaired) electrons. The van der Waals surface area contributed by atoms with Crippen molar-refractivity contribution in [2.24, 2.45) is 11.5 Å². The lowest BCUT2D eigenvalue weighted by Gasteiger charge is -2.05. The zero-order valence-electron chi connectivity index (χ0n) is 10.3. The summed E-state index contributed by atoms with van der Waals surface area (Å²) in [4.78, 5) is 32.1. The van der Waals surface area contributed by atoms with Gasteiger partial charge in [0, 0.05) is 17.9 Å². The van der Waals surface area contributed by atoms with Gasteiger partial charge in [0.05, 0.1) is 6.04 Å². The third-order valence-corrected chi connectivity index (χ3v) is 3.17. The monoisotopic (exact) mass is 290 g/mol. The predicted octanol–water partition coefficient (Wildman–Crippen LogP) is -0.551. The van der Waals surface area contributed by atoms with Gasteiger partial charge in [-0.05, 0) is 12.5 Å². The number of hydrogen-bond acceptors (Lipinski definition) is 6.